The predicted octanol–water partition coefficient (Wildman–Crippen LogP) is 3.55. The Morgan fingerprint density at radius 1 is 1.21 bits per heavy atom. The summed E-state index contributed by atoms with van der Waals surface area (Å²) < 4.78 is 29.0. The summed E-state index contributed by atoms with van der Waals surface area (Å²) >= 11 is 7.70. The molecule has 2 aliphatic rings. The van der Waals surface area contributed by atoms with Crippen LogP contribution in [0.4, 0.5) is 0 Å². The first-order valence-electron chi connectivity index (χ1n) is 9.40. The highest BCUT2D eigenvalue weighted by molar-refractivity contribution is 8.03. The van der Waals surface area contributed by atoms with E-state index in [9.17, 15) is 22.8 Å². The molecule has 1 aliphatic heterocycles. The number of allylic oxidation sites excluding steroid dienone is 2. The van der Waals surface area contributed by atoms with Gasteiger partial charge in [-0.3, -0.25) is 14.4 Å². The van der Waals surface area contributed by atoms with E-state index in [4.69, 9.17) is 16.3 Å². The average Bonchev–Trinajstić information content (AvgIpc) is 2.98. The first-order chi connectivity index (χ1) is 13.8. The molecule has 1 aliphatic carbocycles. The monoisotopic (exact) mass is 456 g/mol. The molecular formula is C20H21ClO6S2. The quantitative estimate of drug-likeness (QED) is 0.351. The minimum atomic E-state index is -3.36. The van der Waals surface area contributed by atoms with E-state index in [-0.39, 0.29) is 57.8 Å². The second-order valence-corrected chi connectivity index (χ2v) is 10.4. The van der Waals surface area contributed by atoms with E-state index in [0.29, 0.717) is 35.7 Å². The van der Waals surface area contributed by atoms with E-state index in [2.05, 4.69) is 0 Å². The molecule has 0 amide bonds. The molecule has 0 saturated heterocycles. The van der Waals surface area contributed by atoms with Crippen LogP contribution in [-0.2, 0) is 30.6 Å². The van der Waals surface area contributed by atoms with Crippen LogP contribution in [0.5, 0.6) is 0 Å². The number of hydrogen-bond acceptors (Lipinski definition) is 7. The largest absolute Gasteiger partial charge is 0.466 e. The summed E-state index contributed by atoms with van der Waals surface area (Å²) in [6, 6.07) is 2.79. The number of hydrogen-bond donors (Lipinski definition) is 0. The molecule has 156 valence electrons. The van der Waals surface area contributed by atoms with Gasteiger partial charge in [0.05, 0.1) is 34.3 Å². The Bertz CT molecular complexity index is 1010. The SMILES string of the molecule is CCOC(=O)CCSC1=C(C(=O)c2ccc3c(c2Cl)CCS3(=O)=O)C(=O)CCC1. The summed E-state index contributed by atoms with van der Waals surface area (Å²) in [4.78, 5) is 38.1. The molecule has 6 nitrogen and oxygen atoms in total. The van der Waals surface area contributed by atoms with Crippen LogP contribution < -0.4 is 0 Å². The molecular weight excluding hydrogens is 436 g/mol. The average molecular weight is 457 g/mol. The van der Waals surface area contributed by atoms with Gasteiger partial charge in [0.15, 0.2) is 21.4 Å². The minimum Gasteiger partial charge on any atom is -0.466 e. The minimum absolute atomic E-state index is 0.0315. The molecule has 0 radical (unpaired) electrons. The van der Waals surface area contributed by atoms with Crippen molar-refractivity contribution in [3.63, 3.8) is 0 Å². The Morgan fingerprint density at radius 3 is 2.69 bits per heavy atom. The number of Topliss-reactive ketones (excluding diaryl/α,β-unsaturated/α-hetero) is 2. The van der Waals surface area contributed by atoms with Crippen molar-refractivity contribution < 1.29 is 27.5 Å². The molecule has 29 heavy (non-hydrogen) atoms. The summed E-state index contributed by atoms with van der Waals surface area (Å²) in [6.45, 7) is 2.04. The van der Waals surface area contributed by atoms with E-state index in [0.717, 1.165) is 0 Å². The summed E-state index contributed by atoms with van der Waals surface area (Å²) in [6.07, 6.45) is 1.95. The number of sulfone groups is 1. The topological polar surface area (TPSA) is 94.6 Å². The maximum absolute atomic E-state index is 13.2. The zero-order valence-electron chi connectivity index (χ0n) is 16.0. The number of benzene rings is 1. The Balaban J connectivity index is 1.90. The predicted molar refractivity (Wildman–Crippen MR) is 111 cm³/mol. The van der Waals surface area contributed by atoms with Gasteiger partial charge in [0.1, 0.15) is 0 Å². The zero-order valence-corrected chi connectivity index (χ0v) is 18.3. The highest BCUT2D eigenvalue weighted by Gasteiger charge is 2.33. The lowest BCUT2D eigenvalue weighted by Crippen LogP contribution is -2.19. The maximum Gasteiger partial charge on any atom is 0.306 e. The number of thioether (sulfide) groups is 1. The molecule has 0 N–H and O–H groups in total. The molecule has 0 aromatic heterocycles. The fraction of sp³-hybridized carbons (Fsp3) is 0.450. The Kier molecular flexibility index (Phi) is 6.86. The second-order valence-electron chi connectivity index (χ2n) is 6.78. The van der Waals surface area contributed by atoms with Gasteiger partial charge >= 0.3 is 5.97 Å². The van der Waals surface area contributed by atoms with E-state index in [1.54, 1.807) is 6.92 Å². The van der Waals surface area contributed by atoms with E-state index in [1.807, 2.05) is 0 Å². The van der Waals surface area contributed by atoms with Gasteiger partial charge in [-0.15, -0.1) is 11.8 Å². The van der Waals surface area contributed by atoms with Crippen molar-refractivity contribution in [2.45, 2.75) is 43.9 Å². The number of ether oxygens (including phenoxy) is 1. The molecule has 0 atom stereocenters. The second kappa shape index (κ2) is 9.02. The fourth-order valence-electron chi connectivity index (χ4n) is 3.49. The molecule has 3 rings (SSSR count). The maximum atomic E-state index is 13.2. The smallest absolute Gasteiger partial charge is 0.306 e. The van der Waals surface area contributed by atoms with Gasteiger partial charge in [-0.2, -0.15) is 0 Å². The molecule has 0 spiro atoms. The molecule has 9 heteroatoms. The van der Waals surface area contributed by atoms with Gasteiger partial charge in [-0.1, -0.05) is 11.6 Å². The standard InChI is InChI=1S/C20H21ClO6S2/c1-2-27-17(23)8-10-28-15-5-3-4-14(22)18(15)20(24)13-6-7-16-12(19(13)21)9-11-29(16,25)26/h6-7H,2-5,8-11H2,1H3. The third-order valence-corrected chi connectivity index (χ3v) is 8.27. The number of halogens is 1. The van der Waals surface area contributed by atoms with Crippen molar-refractivity contribution in [1.82, 2.24) is 0 Å². The van der Waals surface area contributed by atoms with Crippen LogP contribution >= 0.6 is 23.4 Å². The number of carbonyl (C=O) groups is 3. The number of rotatable bonds is 7. The summed E-state index contributed by atoms with van der Waals surface area (Å²) in [5, 5.41) is 0.107. The Hall–Kier alpha value is -1.64. The third kappa shape index (κ3) is 4.59. The van der Waals surface area contributed by atoms with Crippen molar-refractivity contribution in [2.24, 2.45) is 0 Å². The van der Waals surface area contributed by atoms with Crippen LogP contribution in [0.1, 0.15) is 48.5 Å². The molecule has 0 saturated carbocycles. The van der Waals surface area contributed by atoms with Crippen molar-refractivity contribution in [2.75, 3.05) is 18.1 Å². The third-order valence-electron chi connectivity index (χ3n) is 4.88. The number of esters is 1. The zero-order chi connectivity index (χ0) is 21.2. The summed E-state index contributed by atoms with van der Waals surface area (Å²) in [5.41, 5.74) is 0.696. The highest BCUT2D eigenvalue weighted by atomic mass is 35.5. The molecule has 0 fully saturated rings. The van der Waals surface area contributed by atoms with Crippen LogP contribution in [0.25, 0.3) is 0 Å². The molecule has 1 aromatic rings. The lowest BCUT2D eigenvalue weighted by atomic mass is 9.91. The van der Waals surface area contributed by atoms with Crippen LogP contribution in [0, 0.1) is 0 Å². The summed E-state index contributed by atoms with van der Waals surface area (Å²) in [7, 11) is -3.36. The molecule has 0 unspecified atom stereocenters. The number of carbonyl (C=O) groups excluding carboxylic acids is 3. The molecule has 1 aromatic carbocycles. The number of fused-ring (bicyclic) bond motifs is 1. The highest BCUT2D eigenvalue weighted by Crippen LogP contribution is 2.38. The van der Waals surface area contributed by atoms with Gasteiger partial charge in [0.2, 0.25) is 0 Å². The normalized spacial score (nSPS) is 17.9. The van der Waals surface area contributed by atoms with Gasteiger partial charge < -0.3 is 4.74 Å². The first kappa shape index (κ1) is 22.1. The van der Waals surface area contributed by atoms with Crippen molar-refractivity contribution in [3.8, 4) is 0 Å². The first-order valence-corrected chi connectivity index (χ1v) is 12.4. The summed E-state index contributed by atoms with van der Waals surface area (Å²) in [5.74, 6) is -0.669. The van der Waals surface area contributed by atoms with Gasteiger partial charge in [-0.05, 0) is 48.8 Å². The number of ketones is 2. The van der Waals surface area contributed by atoms with Crippen LogP contribution in [0.3, 0.4) is 0 Å². The molecule has 0 bridgehead atoms. The lowest BCUT2D eigenvalue weighted by Gasteiger charge is -2.19. The fourth-order valence-corrected chi connectivity index (χ4v) is 6.59. The van der Waals surface area contributed by atoms with Gasteiger partial charge in [-0.25, -0.2) is 8.42 Å². The Morgan fingerprint density at radius 2 is 1.97 bits per heavy atom. The Labute approximate surface area is 178 Å². The van der Waals surface area contributed by atoms with Crippen LogP contribution in [-0.4, -0.2) is 44.1 Å². The van der Waals surface area contributed by atoms with Crippen LogP contribution in [0.2, 0.25) is 5.02 Å². The van der Waals surface area contributed by atoms with E-state index < -0.39 is 15.6 Å². The lowest BCUT2D eigenvalue weighted by molar-refractivity contribution is -0.142. The van der Waals surface area contributed by atoms with Gasteiger partial charge in [0.25, 0.3) is 0 Å². The van der Waals surface area contributed by atoms with Crippen molar-refractivity contribution in [3.05, 3.63) is 38.8 Å². The van der Waals surface area contributed by atoms with E-state index >= 15 is 0 Å². The van der Waals surface area contributed by atoms with Crippen molar-refractivity contribution in [1.29, 1.82) is 0 Å². The van der Waals surface area contributed by atoms with Crippen LogP contribution in [0.15, 0.2) is 27.5 Å². The van der Waals surface area contributed by atoms with Gasteiger partial charge in [0, 0.05) is 17.7 Å². The van der Waals surface area contributed by atoms with E-state index in [1.165, 1.54) is 23.9 Å². The van der Waals surface area contributed by atoms with Crippen molar-refractivity contribution >= 4 is 50.7 Å². The molecule has 1 heterocycles.